The molecule has 0 saturated carbocycles. The summed E-state index contributed by atoms with van der Waals surface area (Å²) in [6.07, 6.45) is 0. The van der Waals surface area contributed by atoms with Gasteiger partial charge in [-0.25, -0.2) is 4.79 Å². The number of carbonyl (C=O) groups is 1. The molecule has 0 unspecified atom stereocenters. The molecule has 0 aliphatic heterocycles. The average molecular weight is 235 g/mol. The van der Waals surface area contributed by atoms with E-state index < -0.39 is 5.97 Å². The molecule has 1 aromatic rings. The average Bonchev–Trinajstić information content (AvgIpc) is 2.12. The Balaban J connectivity index is 2.79. The molecule has 1 aromatic carbocycles. The van der Waals surface area contributed by atoms with Crippen LogP contribution < -0.4 is 0 Å². The van der Waals surface area contributed by atoms with Gasteiger partial charge in [0.15, 0.2) is 0 Å². The molecule has 76 valence electrons. The van der Waals surface area contributed by atoms with Crippen LogP contribution in [-0.2, 0) is 4.74 Å². The maximum absolute atomic E-state index is 11.3. The Morgan fingerprint density at radius 3 is 2.36 bits per heavy atom. The molecule has 0 aliphatic carbocycles. The number of hydrogen-bond donors (Lipinski definition) is 1. The quantitative estimate of drug-likeness (QED) is 0.816. The number of halogens is 2. The number of benzene rings is 1. The molecule has 0 aliphatic rings. The topological polar surface area (TPSA) is 46.5 Å². The van der Waals surface area contributed by atoms with Gasteiger partial charge in [-0.05, 0) is 18.2 Å². The van der Waals surface area contributed by atoms with Crippen LogP contribution in [0, 0.1) is 0 Å². The Labute approximate surface area is 91.2 Å². The Morgan fingerprint density at radius 1 is 1.29 bits per heavy atom. The molecular weight excluding hydrogens is 227 g/mol. The lowest BCUT2D eigenvalue weighted by molar-refractivity contribution is 0.0434. The number of carbonyl (C=O) groups excluding carboxylic acids is 1. The normalized spacial score (nSPS) is 9.93. The van der Waals surface area contributed by atoms with Crippen LogP contribution in [0.4, 0.5) is 0 Å². The fourth-order valence-corrected chi connectivity index (χ4v) is 1.42. The highest BCUT2D eigenvalue weighted by atomic mass is 35.5. The molecule has 3 nitrogen and oxygen atoms in total. The second-order valence-electron chi connectivity index (χ2n) is 2.52. The number of esters is 1. The van der Waals surface area contributed by atoms with Crippen LogP contribution in [0.2, 0.25) is 10.0 Å². The summed E-state index contributed by atoms with van der Waals surface area (Å²) in [5.74, 6) is -0.552. The molecule has 0 radical (unpaired) electrons. The van der Waals surface area contributed by atoms with Gasteiger partial charge in [-0.1, -0.05) is 23.2 Å². The molecule has 0 saturated heterocycles. The van der Waals surface area contributed by atoms with Crippen LogP contribution in [0.15, 0.2) is 18.2 Å². The van der Waals surface area contributed by atoms with Gasteiger partial charge in [0.25, 0.3) is 0 Å². The summed E-state index contributed by atoms with van der Waals surface area (Å²) in [5.41, 5.74) is 0.274. The summed E-state index contributed by atoms with van der Waals surface area (Å²) < 4.78 is 4.68. The van der Waals surface area contributed by atoms with E-state index in [9.17, 15) is 4.79 Å². The van der Waals surface area contributed by atoms with Crippen LogP contribution in [0.5, 0.6) is 0 Å². The van der Waals surface area contributed by atoms with Crippen LogP contribution in [0.3, 0.4) is 0 Å². The summed E-state index contributed by atoms with van der Waals surface area (Å²) in [6.45, 7) is -0.247. The second-order valence-corrected chi connectivity index (χ2v) is 3.39. The van der Waals surface area contributed by atoms with E-state index in [1.807, 2.05) is 0 Å². The third kappa shape index (κ3) is 3.18. The third-order valence-corrected chi connectivity index (χ3v) is 1.86. The lowest BCUT2D eigenvalue weighted by Gasteiger charge is -2.03. The SMILES string of the molecule is O=C(OCCO)c1cc(Cl)cc(Cl)c1. The van der Waals surface area contributed by atoms with Crippen molar-refractivity contribution in [1.82, 2.24) is 0 Å². The van der Waals surface area contributed by atoms with Gasteiger partial charge < -0.3 is 9.84 Å². The van der Waals surface area contributed by atoms with Gasteiger partial charge in [0.2, 0.25) is 0 Å². The maximum atomic E-state index is 11.3. The zero-order valence-corrected chi connectivity index (χ0v) is 8.68. The number of aliphatic hydroxyl groups is 1. The van der Waals surface area contributed by atoms with Gasteiger partial charge in [0.1, 0.15) is 6.61 Å². The van der Waals surface area contributed by atoms with Crippen molar-refractivity contribution >= 4 is 29.2 Å². The largest absolute Gasteiger partial charge is 0.460 e. The van der Waals surface area contributed by atoms with Crippen molar-refractivity contribution in [2.45, 2.75) is 0 Å². The van der Waals surface area contributed by atoms with Crippen molar-refractivity contribution in [3.05, 3.63) is 33.8 Å². The van der Waals surface area contributed by atoms with E-state index in [-0.39, 0.29) is 18.8 Å². The molecule has 1 N–H and O–H groups in total. The third-order valence-electron chi connectivity index (χ3n) is 1.42. The van der Waals surface area contributed by atoms with E-state index in [4.69, 9.17) is 28.3 Å². The Kier molecular flexibility index (Phi) is 4.20. The molecule has 0 fully saturated rings. The van der Waals surface area contributed by atoms with Crippen molar-refractivity contribution in [2.24, 2.45) is 0 Å². The first-order valence-electron chi connectivity index (χ1n) is 3.87. The predicted molar refractivity (Wildman–Crippen MR) is 53.8 cm³/mol. The molecule has 0 aromatic heterocycles. The molecular formula is C9H8Cl2O3. The Morgan fingerprint density at radius 2 is 1.86 bits per heavy atom. The second kappa shape index (κ2) is 5.20. The van der Waals surface area contributed by atoms with Crippen LogP contribution in [-0.4, -0.2) is 24.3 Å². The number of aliphatic hydroxyl groups excluding tert-OH is 1. The minimum absolute atomic E-state index is 0.0387. The molecule has 0 amide bonds. The van der Waals surface area contributed by atoms with Crippen molar-refractivity contribution in [2.75, 3.05) is 13.2 Å². The van der Waals surface area contributed by atoms with E-state index in [1.54, 1.807) is 0 Å². The van der Waals surface area contributed by atoms with Crippen molar-refractivity contribution in [3.63, 3.8) is 0 Å². The summed E-state index contributed by atoms with van der Waals surface area (Å²) in [6, 6.07) is 4.42. The van der Waals surface area contributed by atoms with Gasteiger partial charge in [-0.2, -0.15) is 0 Å². The van der Waals surface area contributed by atoms with E-state index >= 15 is 0 Å². The molecule has 14 heavy (non-hydrogen) atoms. The van der Waals surface area contributed by atoms with E-state index in [1.165, 1.54) is 18.2 Å². The zero-order valence-electron chi connectivity index (χ0n) is 7.17. The van der Waals surface area contributed by atoms with Crippen molar-refractivity contribution in [3.8, 4) is 0 Å². The van der Waals surface area contributed by atoms with E-state index in [0.717, 1.165) is 0 Å². The lowest BCUT2D eigenvalue weighted by atomic mass is 10.2. The highest BCUT2D eigenvalue weighted by Crippen LogP contribution is 2.19. The summed E-state index contributed by atoms with van der Waals surface area (Å²) >= 11 is 11.4. The number of rotatable bonds is 3. The van der Waals surface area contributed by atoms with Crippen LogP contribution >= 0.6 is 23.2 Å². The lowest BCUT2D eigenvalue weighted by Crippen LogP contribution is -2.08. The van der Waals surface area contributed by atoms with Gasteiger partial charge in [0, 0.05) is 10.0 Å². The smallest absolute Gasteiger partial charge is 0.338 e. The number of hydrogen-bond acceptors (Lipinski definition) is 3. The standard InChI is InChI=1S/C9H8Cl2O3/c10-7-3-6(4-8(11)5-7)9(13)14-2-1-12/h3-5,12H,1-2H2. The molecule has 1 rings (SSSR count). The minimum Gasteiger partial charge on any atom is -0.460 e. The molecule has 5 heteroatoms. The first-order valence-corrected chi connectivity index (χ1v) is 4.63. The number of ether oxygens (including phenoxy) is 1. The Hall–Kier alpha value is -0.770. The van der Waals surface area contributed by atoms with Crippen molar-refractivity contribution < 1.29 is 14.6 Å². The van der Waals surface area contributed by atoms with Gasteiger partial charge in [-0.3, -0.25) is 0 Å². The molecule has 0 spiro atoms. The van der Waals surface area contributed by atoms with Crippen LogP contribution in [0.1, 0.15) is 10.4 Å². The summed E-state index contributed by atoms with van der Waals surface area (Å²) in [5, 5.41) is 9.18. The zero-order chi connectivity index (χ0) is 10.6. The van der Waals surface area contributed by atoms with E-state index in [2.05, 4.69) is 4.74 Å². The molecule has 0 atom stereocenters. The first-order chi connectivity index (χ1) is 6.63. The summed E-state index contributed by atoms with van der Waals surface area (Å²) in [7, 11) is 0. The van der Waals surface area contributed by atoms with Crippen LogP contribution in [0.25, 0.3) is 0 Å². The molecule has 0 bridgehead atoms. The minimum atomic E-state index is -0.552. The van der Waals surface area contributed by atoms with E-state index in [0.29, 0.717) is 10.0 Å². The fourth-order valence-electron chi connectivity index (χ4n) is 0.893. The van der Waals surface area contributed by atoms with Gasteiger partial charge >= 0.3 is 5.97 Å². The highest BCUT2D eigenvalue weighted by molar-refractivity contribution is 6.35. The predicted octanol–water partition coefficient (Wildman–Crippen LogP) is 2.14. The van der Waals surface area contributed by atoms with Crippen molar-refractivity contribution in [1.29, 1.82) is 0 Å². The monoisotopic (exact) mass is 234 g/mol. The van der Waals surface area contributed by atoms with Gasteiger partial charge in [0.05, 0.1) is 12.2 Å². The molecule has 0 heterocycles. The highest BCUT2D eigenvalue weighted by Gasteiger charge is 2.08. The maximum Gasteiger partial charge on any atom is 0.338 e. The summed E-state index contributed by atoms with van der Waals surface area (Å²) in [4.78, 5) is 11.3. The Bertz CT molecular complexity index is 319. The first kappa shape index (κ1) is 11.3. The fraction of sp³-hybridized carbons (Fsp3) is 0.222. The van der Waals surface area contributed by atoms with Gasteiger partial charge in [-0.15, -0.1) is 0 Å².